The van der Waals surface area contributed by atoms with Crippen molar-refractivity contribution in [1.82, 2.24) is 10.2 Å². The largest absolute Gasteiger partial charge is 0.349 e. The van der Waals surface area contributed by atoms with Crippen molar-refractivity contribution in [1.29, 1.82) is 0 Å². The summed E-state index contributed by atoms with van der Waals surface area (Å²) in [6.07, 6.45) is 5.28. The molecule has 5 nitrogen and oxygen atoms in total. The summed E-state index contributed by atoms with van der Waals surface area (Å²) < 4.78 is 0. The molecule has 6 heteroatoms. The van der Waals surface area contributed by atoms with Crippen molar-refractivity contribution in [3.05, 3.63) is 35.4 Å². The van der Waals surface area contributed by atoms with Gasteiger partial charge in [-0.3, -0.25) is 9.59 Å². The molecule has 2 aliphatic rings. The van der Waals surface area contributed by atoms with Crippen LogP contribution in [0.1, 0.15) is 54.4 Å². The molecule has 2 fully saturated rings. The monoisotopic (exact) mass is 365 g/mol. The van der Waals surface area contributed by atoms with Crippen LogP contribution in [-0.2, 0) is 4.79 Å². The van der Waals surface area contributed by atoms with Crippen LogP contribution >= 0.6 is 12.4 Å². The Labute approximate surface area is 155 Å². The van der Waals surface area contributed by atoms with E-state index < -0.39 is 5.54 Å². The van der Waals surface area contributed by atoms with Crippen LogP contribution in [0.25, 0.3) is 0 Å². The number of likely N-dealkylation sites (tertiary alicyclic amines) is 1. The Morgan fingerprint density at radius 2 is 1.76 bits per heavy atom. The first-order valence-electron chi connectivity index (χ1n) is 8.94. The number of nitrogens with two attached hydrogens (primary N) is 1. The molecule has 1 heterocycles. The van der Waals surface area contributed by atoms with Gasteiger partial charge in [0.25, 0.3) is 5.91 Å². The molecule has 0 atom stereocenters. The van der Waals surface area contributed by atoms with E-state index in [1.54, 1.807) is 0 Å². The van der Waals surface area contributed by atoms with Gasteiger partial charge in [0.15, 0.2) is 0 Å². The van der Waals surface area contributed by atoms with E-state index in [1.807, 2.05) is 36.1 Å². The number of piperidine rings is 1. The third kappa shape index (κ3) is 4.33. The van der Waals surface area contributed by atoms with Crippen molar-refractivity contribution in [3.8, 4) is 0 Å². The molecule has 0 aromatic heterocycles. The Morgan fingerprint density at radius 1 is 1.16 bits per heavy atom. The molecule has 2 amide bonds. The number of rotatable bonds is 3. The predicted octanol–water partition coefficient (Wildman–Crippen LogP) is 2.41. The first-order valence-corrected chi connectivity index (χ1v) is 8.94. The molecule has 3 rings (SSSR count). The minimum atomic E-state index is -0.642. The molecule has 0 bridgehead atoms. The van der Waals surface area contributed by atoms with Crippen molar-refractivity contribution in [2.24, 2.45) is 5.73 Å². The van der Waals surface area contributed by atoms with Gasteiger partial charge < -0.3 is 16.0 Å². The lowest BCUT2D eigenvalue weighted by Crippen LogP contribution is -2.56. The number of carbonyl (C=O) groups excluding carboxylic acids is 2. The maximum Gasteiger partial charge on any atom is 0.251 e. The smallest absolute Gasteiger partial charge is 0.251 e. The van der Waals surface area contributed by atoms with E-state index in [4.69, 9.17) is 5.73 Å². The number of amides is 2. The number of nitrogens with one attached hydrogen (secondary N) is 1. The van der Waals surface area contributed by atoms with Crippen LogP contribution in [0.3, 0.4) is 0 Å². The highest BCUT2D eigenvalue weighted by atomic mass is 35.5. The van der Waals surface area contributed by atoms with E-state index in [-0.39, 0.29) is 30.3 Å². The van der Waals surface area contributed by atoms with Crippen molar-refractivity contribution in [2.45, 2.75) is 57.0 Å². The number of hydrogen-bond donors (Lipinski definition) is 2. The van der Waals surface area contributed by atoms with Gasteiger partial charge in [-0.15, -0.1) is 12.4 Å². The third-order valence-corrected chi connectivity index (χ3v) is 5.43. The first-order chi connectivity index (χ1) is 11.5. The number of halogens is 1. The number of hydrogen-bond acceptors (Lipinski definition) is 3. The van der Waals surface area contributed by atoms with Gasteiger partial charge in [-0.2, -0.15) is 0 Å². The van der Waals surface area contributed by atoms with Gasteiger partial charge in [0.2, 0.25) is 5.91 Å². The summed E-state index contributed by atoms with van der Waals surface area (Å²) in [5, 5.41) is 3.11. The zero-order chi connectivity index (χ0) is 17.2. The highest BCUT2D eigenvalue weighted by Crippen LogP contribution is 2.30. The number of nitrogens with zero attached hydrogens (tertiary/aromatic N) is 1. The second-order valence-electron chi connectivity index (χ2n) is 7.22. The molecule has 1 aromatic carbocycles. The summed E-state index contributed by atoms with van der Waals surface area (Å²) >= 11 is 0. The number of benzene rings is 1. The van der Waals surface area contributed by atoms with Crippen LogP contribution < -0.4 is 11.1 Å². The Balaban J connectivity index is 0.00000225. The van der Waals surface area contributed by atoms with Crippen molar-refractivity contribution < 1.29 is 9.59 Å². The lowest BCUT2D eigenvalue weighted by molar-refractivity contribution is -0.137. The van der Waals surface area contributed by atoms with Crippen LogP contribution in [-0.4, -0.2) is 41.4 Å². The van der Waals surface area contributed by atoms with Gasteiger partial charge in [0.1, 0.15) is 0 Å². The SMILES string of the molecule is Cc1ccccc1C(=O)NC1CCN(C(=O)C2(N)CCCC2)CC1.Cl. The average molecular weight is 366 g/mol. The molecular weight excluding hydrogens is 338 g/mol. The Kier molecular flexibility index (Phi) is 6.47. The molecule has 0 spiro atoms. The summed E-state index contributed by atoms with van der Waals surface area (Å²) in [6.45, 7) is 3.30. The quantitative estimate of drug-likeness (QED) is 0.863. The van der Waals surface area contributed by atoms with Crippen molar-refractivity contribution in [2.75, 3.05) is 13.1 Å². The van der Waals surface area contributed by atoms with E-state index in [1.165, 1.54) is 0 Å². The van der Waals surface area contributed by atoms with Crippen molar-refractivity contribution >= 4 is 24.2 Å². The molecule has 3 N–H and O–H groups in total. The standard InChI is InChI=1S/C19H27N3O2.ClH/c1-14-6-2-3-7-16(14)17(23)21-15-8-12-22(13-9-15)18(24)19(20)10-4-5-11-19;/h2-3,6-7,15H,4-5,8-13,20H2,1H3,(H,21,23);1H. The van der Waals surface area contributed by atoms with Gasteiger partial charge >= 0.3 is 0 Å². The Bertz CT molecular complexity index is 621. The van der Waals surface area contributed by atoms with Crippen LogP contribution in [0.4, 0.5) is 0 Å². The summed E-state index contributed by atoms with van der Waals surface area (Å²) in [7, 11) is 0. The third-order valence-electron chi connectivity index (χ3n) is 5.43. The zero-order valence-electron chi connectivity index (χ0n) is 14.8. The lowest BCUT2D eigenvalue weighted by atomic mass is 9.95. The van der Waals surface area contributed by atoms with Gasteiger partial charge in [-0.1, -0.05) is 31.0 Å². The Morgan fingerprint density at radius 3 is 2.36 bits per heavy atom. The van der Waals surface area contributed by atoms with Crippen LogP contribution in [0.5, 0.6) is 0 Å². The fourth-order valence-electron chi connectivity index (χ4n) is 3.85. The first kappa shape index (κ1) is 19.7. The highest BCUT2D eigenvalue weighted by Gasteiger charge is 2.40. The Hall–Kier alpha value is -1.59. The maximum atomic E-state index is 12.6. The normalized spacial score (nSPS) is 20.0. The summed E-state index contributed by atoms with van der Waals surface area (Å²) in [5.74, 6) is 0.0765. The minimum Gasteiger partial charge on any atom is -0.349 e. The van der Waals surface area contributed by atoms with Crippen LogP contribution in [0, 0.1) is 6.92 Å². The molecule has 1 aliphatic heterocycles. The van der Waals surface area contributed by atoms with E-state index >= 15 is 0 Å². The molecular formula is C19H28ClN3O2. The summed E-state index contributed by atoms with van der Waals surface area (Å²) in [6, 6.07) is 7.73. The van der Waals surface area contributed by atoms with E-state index in [0.29, 0.717) is 13.1 Å². The molecule has 1 saturated carbocycles. The molecule has 0 radical (unpaired) electrons. The molecule has 0 unspecified atom stereocenters. The molecule has 1 aromatic rings. The van der Waals surface area contributed by atoms with Crippen molar-refractivity contribution in [3.63, 3.8) is 0 Å². The fraction of sp³-hybridized carbons (Fsp3) is 0.579. The summed E-state index contributed by atoms with van der Waals surface area (Å²) in [4.78, 5) is 26.9. The van der Waals surface area contributed by atoms with Gasteiger partial charge in [-0.05, 0) is 44.2 Å². The molecule has 25 heavy (non-hydrogen) atoms. The van der Waals surface area contributed by atoms with Crippen LogP contribution in [0.2, 0.25) is 0 Å². The predicted molar refractivity (Wildman–Crippen MR) is 101 cm³/mol. The molecule has 1 aliphatic carbocycles. The van der Waals surface area contributed by atoms with E-state index in [9.17, 15) is 9.59 Å². The second-order valence-corrected chi connectivity index (χ2v) is 7.22. The van der Waals surface area contributed by atoms with Crippen LogP contribution in [0.15, 0.2) is 24.3 Å². The van der Waals surface area contributed by atoms with Gasteiger partial charge in [0, 0.05) is 24.7 Å². The van der Waals surface area contributed by atoms with Gasteiger partial charge in [-0.25, -0.2) is 0 Å². The van der Waals surface area contributed by atoms with E-state index in [2.05, 4.69) is 5.32 Å². The molecule has 1 saturated heterocycles. The topological polar surface area (TPSA) is 75.4 Å². The molecule has 138 valence electrons. The average Bonchev–Trinajstić information content (AvgIpc) is 3.03. The maximum absolute atomic E-state index is 12.6. The number of carbonyl (C=O) groups is 2. The zero-order valence-corrected chi connectivity index (χ0v) is 15.6. The lowest BCUT2D eigenvalue weighted by Gasteiger charge is -2.37. The minimum absolute atomic E-state index is 0. The van der Waals surface area contributed by atoms with E-state index in [0.717, 1.165) is 49.7 Å². The fourth-order valence-corrected chi connectivity index (χ4v) is 3.85. The second kappa shape index (κ2) is 8.19. The number of aryl methyl sites for hydroxylation is 1. The summed E-state index contributed by atoms with van der Waals surface area (Å²) in [5.41, 5.74) is 7.34. The highest BCUT2D eigenvalue weighted by molar-refractivity contribution is 5.95. The van der Waals surface area contributed by atoms with Gasteiger partial charge in [0.05, 0.1) is 5.54 Å².